The molecule has 0 radical (unpaired) electrons. The number of hydrogen-bond donors (Lipinski definition) is 1. The zero-order valence-corrected chi connectivity index (χ0v) is 22.0. The molecule has 1 atom stereocenters. The van der Waals surface area contributed by atoms with Crippen molar-refractivity contribution in [3.8, 4) is 0 Å². The molecule has 0 aliphatic heterocycles. The van der Waals surface area contributed by atoms with E-state index in [0.717, 1.165) is 18.4 Å². The predicted molar refractivity (Wildman–Crippen MR) is 146 cm³/mol. The molecule has 194 valence electrons. The van der Waals surface area contributed by atoms with Crippen molar-refractivity contribution < 1.29 is 14.5 Å². The van der Waals surface area contributed by atoms with Crippen LogP contribution in [0.1, 0.15) is 36.5 Å². The summed E-state index contributed by atoms with van der Waals surface area (Å²) in [6.07, 6.45) is 1.77. The summed E-state index contributed by atoms with van der Waals surface area (Å²) in [5.41, 5.74) is 1.71. The molecule has 0 aromatic heterocycles. The van der Waals surface area contributed by atoms with Crippen LogP contribution in [0.3, 0.4) is 0 Å². The van der Waals surface area contributed by atoms with Crippen molar-refractivity contribution in [2.45, 2.75) is 45.2 Å². The van der Waals surface area contributed by atoms with Crippen LogP contribution in [0.4, 0.5) is 5.69 Å². The average molecular weight is 542 g/mol. The maximum absolute atomic E-state index is 13.8. The molecule has 3 rings (SSSR count). The van der Waals surface area contributed by atoms with Crippen molar-refractivity contribution in [1.29, 1.82) is 0 Å². The highest BCUT2D eigenvalue weighted by molar-refractivity contribution is 6.42. The fourth-order valence-electron chi connectivity index (χ4n) is 4.00. The third-order valence-corrected chi connectivity index (χ3v) is 6.71. The van der Waals surface area contributed by atoms with E-state index in [-0.39, 0.29) is 36.5 Å². The summed E-state index contributed by atoms with van der Waals surface area (Å²) in [5, 5.41) is 15.2. The number of nitrogens with one attached hydrogen (secondary N) is 1. The first kappa shape index (κ1) is 28.2. The number of nitro benzene ring substituents is 1. The van der Waals surface area contributed by atoms with E-state index in [1.165, 1.54) is 11.0 Å². The lowest BCUT2D eigenvalue weighted by molar-refractivity contribution is -0.385. The van der Waals surface area contributed by atoms with Crippen LogP contribution >= 0.6 is 23.2 Å². The van der Waals surface area contributed by atoms with E-state index in [1.54, 1.807) is 36.4 Å². The number of carbonyl (C=O) groups excluding carboxylic acids is 2. The number of nitro groups is 1. The van der Waals surface area contributed by atoms with Crippen molar-refractivity contribution in [2.24, 2.45) is 0 Å². The molecule has 1 N–H and O–H groups in total. The summed E-state index contributed by atoms with van der Waals surface area (Å²) in [6.45, 7) is 2.59. The van der Waals surface area contributed by atoms with Gasteiger partial charge in [-0.3, -0.25) is 19.7 Å². The first-order valence-electron chi connectivity index (χ1n) is 12.1. The minimum absolute atomic E-state index is 0.0784. The molecule has 0 spiro atoms. The van der Waals surface area contributed by atoms with Gasteiger partial charge in [-0.25, -0.2) is 0 Å². The van der Waals surface area contributed by atoms with Crippen LogP contribution < -0.4 is 5.32 Å². The zero-order chi connectivity index (χ0) is 26.8. The number of halogens is 2. The molecule has 0 fully saturated rings. The second-order valence-electron chi connectivity index (χ2n) is 8.68. The van der Waals surface area contributed by atoms with Gasteiger partial charge >= 0.3 is 0 Å². The van der Waals surface area contributed by atoms with Crippen molar-refractivity contribution in [2.75, 3.05) is 6.54 Å². The zero-order valence-electron chi connectivity index (χ0n) is 20.5. The SMILES string of the molecule is CCCCNC(=O)[C@@H](Cc1ccccc1)N(Cc1ccc(Cl)c(Cl)c1)C(=O)Cc1ccccc1[N+](=O)[O-]. The molecule has 0 unspecified atom stereocenters. The van der Waals surface area contributed by atoms with Gasteiger partial charge in [-0.15, -0.1) is 0 Å². The van der Waals surface area contributed by atoms with Crippen LogP contribution in [-0.4, -0.2) is 34.2 Å². The molecular weight excluding hydrogens is 513 g/mol. The van der Waals surface area contributed by atoms with Crippen molar-refractivity contribution in [3.63, 3.8) is 0 Å². The summed E-state index contributed by atoms with van der Waals surface area (Å²) < 4.78 is 0. The molecule has 3 aromatic carbocycles. The highest BCUT2D eigenvalue weighted by Gasteiger charge is 2.31. The van der Waals surface area contributed by atoms with Gasteiger partial charge in [0, 0.05) is 31.1 Å². The van der Waals surface area contributed by atoms with Gasteiger partial charge in [0.05, 0.1) is 21.4 Å². The molecule has 0 heterocycles. The summed E-state index contributed by atoms with van der Waals surface area (Å²) >= 11 is 12.3. The van der Waals surface area contributed by atoms with Crippen molar-refractivity contribution in [1.82, 2.24) is 10.2 Å². The lowest BCUT2D eigenvalue weighted by Gasteiger charge is -2.31. The first-order valence-corrected chi connectivity index (χ1v) is 12.8. The first-order chi connectivity index (χ1) is 17.8. The van der Waals surface area contributed by atoms with Crippen LogP contribution in [0.2, 0.25) is 10.0 Å². The second kappa shape index (κ2) is 13.8. The Morgan fingerprint density at radius 3 is 2.35 bits per heavy atom. The maximum Gasteiger partial charge on any atom is 0.273 e. The molecule has 9 heteroatoms. The van der Waals surface area contributed by atoms with Crippen LogP contribution in [0.5, 0.6) is 0 Å². The molecule has 0 aliphatic carbocycles. The van der Waals surface area contributed by atoms with E-state index < -0.39 is 16.9 Å². The van der Waals surface area contributed by atoms with E-state index in [4.69, 9.17) is 23.2 Å². The Labute approximate surface area is 226 Å². The third-order valence-electron chi connectivity index (χ3n) is 5.97. The largest absolute Gasteiger partial charge is 0.354 e. The van der Waals surface area contributed by atoms with Gasteiger partial charge in [0.1, 0.15) is 6.04 Å². The molecule has 0 aliphatic rings. The number of amides is 2. The Bertz CT molecular complexity index is 1240. The predicted octanol–water partition coefficient (Wildman–Crippen LogP) is 6.00. The molecule has 37 heavy (non-hydrogen) atoms. The summed E-state index contributed by atoms with van der Waals surface area (Å²) in [6, 6.07) is 19.8. The Morgan fingerprint density at radius 1 is 0.973 bits per heavy atom. The highest BCUT2D eigenvalue weighted by atomic mass is 35.5. The lowest BCUT2D eigenvalue weighted by Crippen LogP contribution is -2.51. The Kier molecular flexibility index (Phi) is 10.5. The Balaban J connectivity index is 2.00. The number of rotatable bonds is 12. The van der Waals surface area contributed by atoms with Crippen LogP contribution in [-0.2, 0) is 29.0 Å². The monoisotopic (exact) mass is 541 g/mol. The number of hydrogen-bond acceptors (Lipinski definition) is 4. The number of unbranched alkanes of at least 4 members (excludes halogenated alkanes) is 1. The average Bonchev–Trinajstić information content (AvgIpc) is 2.89. The molecule has 0 saturated carbocycles. The van der Waals surface area contributed by atoms with Gasteiger partial charge in [-0.2, -0.15) is 0 Å². The van der Waals surface area contributed by atoms with Gasteiger partial charge in [0.2, 0.25) is 11.8 Å². The smallest absolute Gasteiger partial charge is 0.273 e. The highest BCUT2D eigenvalue weighted by Crippen LogP contribution is 2.25. The van der Waals surface area contributed by atoms with Gasteiger partial charge in [0.15, 0.2) is 0 Å². The van der Waals surface area contributed by atoms with E-state index in [2.05, 4.69) is 5.32 Å². The Morgan fingerprint density at radius 2 is 1.68 bits per heavy atom. The third kappa shape index (κ3) is 8.03. The molecule has 2 amide bonds. The minimum Gasteiger partial charge on any atom is -0.354 e. The molecule has 3 aromatic rings. The maximum atomic E-state index is 13.8. The summed E-state index contributed by atoms with van der Waals surface area (Å²) in [7, 11) is 0. The van der Waals surface area contributed by atoms with Gasteiger partial charge in [0.25, 0.3) is 5.69 Å². The quantitative estimate of drug-likeness (QED) is 0.173. The van der Waals surface area contributed by atoms with Crippen molar-refractivity contribution in [3.05, 3.63) is 110 Å². The standard InChI is InChI=1S/C28H29Cl2N3O4/c1-2-3-15-31-28(35)26(17-20-9-5-4-6-10-20)32(19-21-13-14-23(29)24(30)16-21)27(34)18-22-11-7-8-12-25(22)33(36)37/h4-14,16,26H,2-3,15,17-19H2,1H3,(H,31,35)/t26-/m1/s1. The fourth-order valence-corrected chi connectivity index (χ4v) is 4.32. The minimum atomic E-state index is -0.844. The Hall–Kier alpha value is -3.42. The normalized spacial score (nSPS) is 11.5. The molecule has 0 bridgehead atoms. The lowest BCUT2D eigenvalue weighted by atomic mass is 10.0. The van der Waals surface area contributed by atoms with E-state index in [0.29, 0.717) is 22.2 Å². The number of para-hydroxylation sites is 1. The van der Waals surface area contributed by atoms with E-state index >= 15 is 0 Å². The fraction of sp³-hybridized carbons (Fsp3) is 0.286. The topological polar surface area (TPSA) is 92.6 Å². The van der Waals surface area contributed by atoms with E-state index in [9.17, 15) is 19.7 Å². The van der Waals surface area contributed by atoms with Gasteiger partial charge < -0.3 is 10.2 Å². The molecular formula is C28H29Cl2N3O4. The van der Waals surface area contributed by atoms with Crippen LogP contribution in [0.25, 0.3) is 0 Å². The van der Waals surface area contributed by atoms with Crippen molar-refractivity contribution >= 4 is 40.7 Å². The summed E-state index contributed by atoms with van der Waals surface area (Å²) in [5.74, 6) is -0.694. The number of benzene rings is 3. The van der Waals surface area contributed by atoms with Crippen LogP contribution in [0.15, 0.2) is 72.8 Å². The van der Waals surface area contributed by atoms with E-state index in [1.807, 2.05) is 37.3 Å². The molecule has 0 saturated heterocycles. The molecule has 7 nitrogen and oxygen atoms in total. The number of carbonyl (C=O) groups is 2. The summed E-state index contributed by atoms with van der Waals surface area (Å²) in [4.78, 5) is 39.7. The second-order valence-corrected chi connectivity index (χ2v) is 9.50. The van der Waals surface area contributed by atoms with Gasteiger partial charge in [-0.1, -0.05) is 91.1 Å². The van der Waals surface area contributed by atoms with Gasteiger partial charge in [-0.05, 0) is 29.7 Å². The number of nitrogens with zero attached hydrogens (tertiary/aromatic N) is 2. The van der Waals surface area contributed by atoms with Crippen LogP contribution in [0, 0.1) is 10.1 Å².